The van der Waals surface area contributed by atoms with Gasteiger partial charge in [-0.25, -0.2) is 0 Å². The second kappa shape index (κ2) is 5.53. The molecule has 1 aliphatic rings. The van der Waals surface area contributed by atoms with Gasteiger partial charge in [0.05, 0.1) is 0 Å². The molecule has 0 aromatic rings. The molecule has 0 radical (unpaired) electrons. The van der Waals surface area contributed by atoms with Crippen molar-refractivity contribution in [2.75, 3.05) is 26.2 Å². The Labute approximate surface area is 77.2 Å². The lowest BCUT2D eigenvalue weighted by Crippen LogP contribution is -2.43. The standard InChI is InChI=1S/C8H15N3O2/c12-6-2-5-11-8(13)7-9-3-1-4-10-7/h12H,1-6H2,(H,9,10)(H,11,13). The van der Waals surface area contributed by atoms with Crippen LogP contribution in [0, 0.1) is 0 Å². The minimum Gasteiger partial charge on any atom is -0.396 e. The van der Waals surface area contributed by atoms with Crippen molar-refractivity contribution in [2.24, 2.45) is 4.99 Å². The van der Waals surface area contributed by atoms with Crippen LogP contribution in [0.5, 0.6) is 0 Å². The van der Waals surface area contributed by atoms with Crippen molar-refractivity contribution in [3.8, 4) is 0 Å². The van der Waals surface area contributed by atoms with Crippen LogP contribution in [0.2, 0.25) is 0 Å². The van der Waals surface area contributed by atoms with Crippen LogP contribution in [-0.2, 0) is 4.79 Å². The molecule has 0 spiro atoms. The Morgan fingerprint density at radius 2 is 2.54 bits per heavy atom. The fraction of sp³-hybridized carbons (Fsp3) is 0.750. The molecule has 0 saturated heterocycles. The molecule has 0 atom stereocenters. The number of amidine groups is 1. The van der Waals surface area contributed by atoms with E-state index in [2.05, 4.69) is 15.6 Å². The van der Waals surface area contributed by atoms with Crippen molar-refractivity contribution in [1.82, 2.24) is 10.6 Å². The molecule has 1 aliphatic heterocycles. The Balaban J connectivity index is 2.25. The number of nitrogens with one attached hydrogen (secondary N) is 2. The highest BCUT2D eigenvalue weighted by Gasteiger charge is 2.11. The minimum absolute atomic E-state index is 0.0974. The van der Waals surface area contributed by atoms with Crippen molar-refractivity contribution in [3.63, 3.8) is 0 Å². The summed E-state index contributed by atoms with van der Waals surface area (Å²) in [6.07, 6.45) is 1.56. The number of carbonyl (C=O) groups is 1. The topological polar surface area (TPSA) is 73.7 Å². The summed E-state index contributed by atoms with van der Waals surface area (Å²) in [5.41, 5.74) is 0. The first-order valence-corrected chi connectivity index (χ1v) is 4.52. The van der Waals surface area contributed by atoms with Gasteiger partial charge in [-0.15, -0.1) is 0 Å². The maximum absolute atomic E-state index is 11.3. The largest absolute Gasteiger partial charge is 0.396 e. The van der Waals surface area contributed by atoms with E-state index in [1.54, 1.807) is 0 Å². The van der Waals surface area contributed by atoms with Crippen molar-refractivity contribution in [3.05, 3.63) is 0 Å². The number of aliphatic imine (C=N–C) groups is 1. The van der Waals surface area contributed by atoms with Crippen molar-refractivity contribution in [2.45, 2.75) is 12.8 Å². The number of nitrogens with zero attached hydrogens (tertiary/aromatic N) is 1. The zero-order valence-electron chi connectivity index (χ0n) is 7.55. The fourth-order valence-corrected chi connectivity index (χ4v) is 1.05. The predicted molar refractivity (Wildman–Crippen MR) is 49.6 cm³/mol. The van der Waals surface area contributed by atoms with Crippen molar-refractivity contribution < 1.29 is 9.90 Å². The molecule has 0 aromatic carbocycles. The van der Waals surface area contributed by atoms with Crippen LogP contribution in [0.25, 0.3) is 0 Å². The Morgan fingerprint density at radius 3 is 3.15 bits per heavy atom. The zero-order chi connectivity index (χ0) is 9.52. The molecule has 0 fully saturated rings. The van der Waals surface area contributed by atoms with Crippen LogP contribution in [0.4, 0.5) is 0 Å². The summed E-state index contributed by atoms with van der Waals surface area (Å²) in [7, 11) is 0. The number of aliphatic hydroxyl groups excluding tert-OH is 1. The molecule has 0 unspecified atom stereocenters. The molecule has 13 heavy (non-hydrogen) atoms. The van der Waals surface area contributed by atoms with Gasteiger partial charge in [0.1, 0.15) is 0 Å². The quantitative estimate of drug-likeness (QED) is 0.485. The van der Waals surface area contributed by atoms with E-state index in [0.717, 1.165) is 19.5 Å². The Kier molecular flexibility index (Phi) is 4.25. The van der Waals surface area contributed by atoms with Gasteiger partial charge in [0.25, 0.3) is 5.91 Å². The molecule has 3 N–H and O–H groups in total. The smallest absolute Gasteiger partial charge is 0.286 e. The summed E-state index contributed by atoms with van der Waals surface area (Å²) < 4.78 is 0. The van der Waals surface area contributed by atoms with Gasteiger partial charge in [0, 0.05) is 26.2 Å². The number of rotatable bonds is 4. The van der Waals surface area contributed by atoms with Crippen LogP contribution >= 0.6 is 0 Å². The SMILES string of the molecule is O=C(NCCCO)C1=NCCCN1. The van der Waals surface area contributed by atoms with Gasteiger partial charge in [-0.3, -0.25) is 9.79 Å². The first kappa shape index (κ1) is 9.98. The third-order valence-electron chi connectivity index (χ3n) is 1.73. The van der Waals surface area contributed by atoms with E-state index in [4.69, 9.17) is 5.11 Å². The second-order valence-electron chi connectivity index (χ2n) is 2.84. The summed E-state index contributed by atoms with van der Waals surface area (Å²) in [6, 6.07) is 0. The van der Waals surface area contributed by atoms with E-state index in [-0.39, 0.29) is 12.5 Å². The van der Waals surface area contributed by atoms with E-state index >= 15 is 0 Å². The molecule has 74 valence electrons. The minimum atomic E-state index is -0.173. The lowest BCUT2D eigenvalue weighted by Gasteiger charge is -2.13. The van der Waals surface area contributed by atoms with Gasteiger partial charge >= 0.3 is 0 Å². The van der Waals surface area contributed by atoms with E-state index < -0.39 is 0 Å². The molecule has 1 rings (SSSR count). The zero-order valence-corrected chi connectivity index (χ0v) is 7.55. The summed E-state index contributed by atoms with van der Waals surface area (Å²) in [5, 5.41) is 14.1. The highest BCUT2D eigenvalue weighted by atomic mass is 16.3. The van der Waals surface area contributed by atoms with E-state index in [1.807, 2.05) is 0 Å². The summed E-state index contributed by atoms with van der Waals surface area (Å²) in [4.78, 5) is 15.3. The second-order valence-corrected chi connectivity index (χ2v) is 2.84. The summed E-state index contributed by atoms with van der Waals surface area (Å²) in [6.45, 7) is 2.12. The maximum atomic E-state index is 11.3. The normalized spacial score (nSPS) is 15.9. The van der Waals surface area contributed by atoms with Crippen molar-refractivity contribution in [1.29, 1.82) is 0 Å². The highest BCUT2D eigenvalue weighted by Crippen LogP contribution is 1.89. The molecule has 5 heteroatoms. The van der Waals surface area contributed by atoms with Crippen LogP contribution in [-0.4, -0.2) is 43.1 Å². The molecule has 0 saturated carbocycles. The molecule has 1 amide bonds. The fourth-order valence-electron chi connectivity index (χ4n) is 1.05. The number of hydrogen-bond acceptors (Lipinski definition) is 4. The van der Waals surface area contributed by atoms with Crippen LogP contribution in [0.3, 0.4) is 0 Å². The highest BCUT2D eigenvalue weighted by molar-refractivity contribution is 6.37. The summed E-state index contributed by atoms with van der Waals surface area (Å²) in [5.74, 6) is 0.248. The number of carbonyl (C=O) groups excluding carboxylic acids is 1. The van der Waals surface area contributed by atoms with Gasteiger partial charge < -0.3 is 15.7 Å². The van der Waals surface area contributed by atoms with Gasteiger partial charge in [-0.1, -0.05) is 0 Å². The maximum Gasteiger partial charge on any atom is 0.286 e. The van der Waals surface area contributed by atoms with Crippen LogP contribution < -0.4 is 10.6 Å². The summed E-state index contributed by atoms with van der Waals surface area (Å²) >= 11 is 0. The molecule has 1 heterocycles. The lowest BCUT2D eigenvalue weighted by molar-refractivity contribution is -0.115. The molecule has 5 nitrogen and oxygen atoms in total. The van der Waals surface area contributed by atoms with E-state index in [1.165, 1.54) is 0 Å². The lowest BCUT2D eigenvalue weighted by atomic mass is 10.3. The van der Waals surface area contributed by atoms with Crippen molar-refractivity contribution >= 4 is 11.7 Å². The van der Waals surface area contributed by atoms with E-state index in [0.29, 0.717) is 18.8 Å². The van der Waals surface area contributed by atoms with Gasteiger partial charge in [0.2, 0.25) is 0 Å². The molecular weight excluding hydrogens is 170 g/mol. The third kappa shape index (κ3) is 3.42. The first-order valence-electron chi connectivity index (χ1n) is 4.52. The van der Waals surface area contributed by atoms with Gasteiger partial charge in [0.15, 0.2) is 5.84 Å². The van der Waals surface area contributed by atoms with Gasteiger partial charge in [-0.05, 0) is 12.8 Å². The Bertz CT molecular complexity index is 204. The molecule has 0 bridgehead atoms. The molecule has 0 aromatic heterocycles. The predicted octanol–water partition coefficient (Wildman–Crippen LogP) is -1.12. The number of aliphatic hydroxyl groups is 1. The first-order chi connectivity index (χ1) is 6.34. The Hall–Kier alpha value is -1.10. The molecular formula is C8H15N3O2. The number of amides is 1. The Morgan fingerprint density at radius 1 is 1.69 bits per heavy atom. The monoisotopic (exact) mass is 185 g/mol. The molecule has 0 aliphatic carbocycles. The third-order valence-corrected chi connectivity index (χ3v) is 1.73. The van der Waals surface area contributed by atoms with Crippen LogP contribution in [0.1, 0.15) is 12.8 Å². The van der Waals surface area contributed by atoms with Crippen LogP contribution in [0.15, 0.2) is 4.99 Å². The average molecular weight is 185 g/mol. The van der Waals surface area contributed by atoms with Gasteiger partial charge in [-0.2, -0.15) is 0 Å². The van der Waals surface area contributed by atoms with E-state index in [9.17, 15) is 4.79 Å². The number of hydrogen-bond donors (Lipinski definition) is 3. The average Bonchev–Trinajstić information content (AvgIpc) is 2.19.